The molecule has 0 saturated carbocycles. The molecule has 1 amide bonds. The largest absolute Gasteiger partial charge is 0.361 e. The van der Waals surface area contributed by atoms with Crippen molar-refractivity contribution in [1.82, 2.24) is 10.3 Å². The monoisotopic (exact) mass is 376 g/mol. The SMILES string of the molecule is O=C(NC[C@H](c1ccccc1)c1c[nH]c2ccccc12)c1cc(F)ccc1F. The Balaban J connectivity index is 1.65. The molecule has 28 heavy (non-hydrogen) atoms. The Kier molecular flexibility index (Phi) is 4.89. The van der Waals surface area contributed by atoms with Gasteiger partial charge in [-0.15, -0.1) is 0 Å². The fourth-order valence-corrected chi connectivity index (χ4v) is 3.44. The number of amides is 1. The second kappa shape index (κ2) is 7.64. The second-order valence-corrected chi connectivity index (χ2v) is 6.59. The number of nitrogens with one attached hydrogen (secondary N) is 2. The minimum absolute atomic E-state index is 0.141. The third-order valence-electron chi connectivity index (χ3n) is 4.84. The van der Waals surface area contributed by atoms with E-state index >= 15 is 0 Å². The summed E-state index contributed by atoms with van der Waals surface area (Å²) < 4.78 is 27.3. The van der Waals surface area contributed by atoms with Crippen molar-refractivity contribution in [2.24, 2.45) is 0 Å². The Bertz CT molecular complexity index is 1120. The molecule has 0 fully saturated rings. The number of rotatable bonds is 5. The van der Waals surface area contributed by atoms with Gasteiger partial charge >= 0.3 is 0 Å². The van der Waals surface area contributed by atoms with E-state index in [1.165, 1.54) is 0 Å². The summed E-state index contributed by atoms with van der Waals surface area (Å²) in [7, 11) is 0. The van der Waals surface area contributed by atoms with Crippen molar-refractivity contribution in [1.29, 1.82) is 0 Å². The van der Waals surface area contributed by atoms with Crippen LogP contribution < -0.4 is 5.32 Å². The highest BCUT2D eigenvalue weighted by atomic mass is 19.1. The highest BCUT2D eigenvalue weighted by molar-refractivity contribution is 5.94. The summed E-state index contributed by atoms with van der Waals surface area (Å²) in [6.07, 6.45) is 1.93. The molecule has 0 unspecified atom stereocenters. The van der Waals surface area contributed by atoms with Gasteiger partial charge in [0.15, 0.2) is 0 Å². The van der Waals surface area contributed by atoms with Gasteiger partial charge in [-0.1, -0.05) is 48.5 Å². The van der Waals surface area contributed by atoms with Crippen LogP contribution in [0.25, 0.3) is 10.9 Å². The highest BCUT2D eigenvalue weighted by Crippen LogP contribution is 2.30. The Morgan fingerprint density at radius 2 is 1.71 bits per heavy atom. The molecule has 2 N–H and O–H groups in total. The molecule has 0 aliphatic heterocycles. The predicted octanol–water partition coefficient (Wildman–Crippen LogP) is 5.01. The fourth-order valence-electron chi connectivity index (χ4n) is 3.44. The van der Waals surface area contributed by atoms with Crippen LogP contribution in [0.2, 0.25) is 0 Å². The number of hydrogen-bond acceptors (Lipinski definition) is 1. The van der Waals surface area contributed by atoms with Crippen molar-refractivity contribution in [2.45, 2.75) is 5.92 Å². The van der Waals surface area contributed by atoms with Crippen molar-refractivity contribution in [3.8, 4) is 0 Å². The van der Waals surface area contributed by atoms with Crippen LogP contribution in [0.3, 0.4) is 0 Å². The van der Waals surface area contributed by atoms with Crippen LogP contribution in [0, 0.1) is 11.6 Å². The molecule has 1 aromatic heterocycles. The molecule has 1 heterocycles. The van der Waals surface area contributed by atoms with Gasteiger partial charge in [0.05, 0.1) is 5.56 Å². The molecular formula is C23H18F2N2O. The van der Waals surface area contributed by atoms with Gasteiger partial charge in [0.2, 0.25) is 0 Å². The molecule has 0 bridgehead atoms. The van der Waals surface area contributed by atoms with Crippen molar-refractivity contribution in [3.05, 3.63) is 107 Å². The molecule has 140 valence electrons. The minimum atomic E-state index is -0.748. The molecule has 0 spiro atoms. The van der Waals surface area contributed by atoms with Crippen LogP contribution in [-0.2, 0) is 0 Å². The number of aromatic amines is 1. The molecule has 5 heteroatoms. The van der Waals surface area contributed by atoms with Crippen molar-refractivity contribution >= 4 is 16.8 Å². The summed E-state index contributed by atoms with van der Waals surface area (Å²) >= 11 is 0. The van der Waals surface area contributed by atoms with E-state index in [-0.39, 0.29) is 18.0 Å². The molecule has 1 atom stereocenters. The lowest BCUT2D eigenvalue weighted by molar-refractivity contribution is 0.0948. The van der Waals surface area contributed by atoms with Crippen LogP contribution in [0.15, 0.2) is 79.0 Å². The average Bonchev–Trinajstić information content (AvgIpc) is 3.15. The summed E-state index contributed by atoms with van der Waals surface area (Å²) in [5, 5.41) is 3.82. The van der Waals surface area contributed by atoms with Gasteiger partial charge in [0.25, 0.3) is 5.91 Å². The van der Waals surface area contributed by atoms with E-state index in [9.17, 15) is 13.6 Å². The van der Waals surface area contributed by atoms with Crippen molar-refractivity contribution in [3.63, 3.8) is 0 Å². The van der Waals surface area contributed by atoms with Gasteiger partial charge in [-0.05, 0) is 35.4 Å². The Labute approximate surface area is 161 Å². The first kappa shape index (κ1) is 17.9. The molecule has 4 rings (SSSR count). The lowest BCUT2D eigenvalue weighted by atomic mass is 9.91. The van der Waals surface area contributed by atoms with Crippen molar-refractivity contribution < 1.29 is 13.6 Å². The maximum Gasteiger partial charge on any atom is 0.254 e. The summed E-state index contributed by atoms with van der Waals surface area (Å²) in [5.41, 5.74) is 2.75. The molecule has 0 aliphatic rings. The third-order valence-corrected chi connectivity index (χ3v) is 4.84. The zero-order valence-corrected chi connectivity index (χ0v) is 15.0. The van der Waals surface area contributed by atoms with E-state index < -0.39 is 17.5 Å². The highest BCUT2D eigenvalue weighted by Gasteiger charge is 2.20. The van der Waals surface area contributed by atoms with Gasteiger partial charge in [0, 0.05) is 29.6 Å². The second-order valence-electron chi connectivity index (χ2n) is 6.59. The van der Waals surface area contributed by atoms with E-state index in [0.717, 1.165) is 40.2 Å². The number of benzene rings is 3. The van der Waals surface area contributed by atoms with Gasteiger partial charge in [-0.2, -0.15) is 0 Å². The van der Waals surface area contributed by atoms with Gasteiger partial charge < -0.3 is 10.3 Å². The average molecular weight is 376 g/mol. The lowest BCUT2D eigenvalue weighted by Crippen LogP contribution is -2.29. The summed E-state index contributed by atoms with van der Waals surface area (Å²) in [6.45, 7) is 0.251. The first-order chi connectivity index (χ1) is 13.6. The van der Waals surface area contributed by atoms with Crippen LogP contribution >= 0.6 is 0 Å². The molecule has 0 radical (unpaired) electrons. The minimum Gasteiger partial charge on any atom is -0.361 e. The third kappa shape index (κ3) is 3.51. The van der Waals surface area contributed by atoms with E-state index in [1.807, 2.05) is 60.8 Å². The standard InChI is InChI=1S/C23H18F2N2O/c24-16-10-11-21(25)18(12-16)23(28)27-13-19(15-6-2-1-3-7-15)20-14-26-22-9-5-4-8-17(20)22/h1-12,14,19,26H,13H2,(H,27,28)/t19-/m1/s1. The molecule has 0 aliphatic carbocycles. The number of halogens is 2. The number of carbonyl (C=O) groups excluding carboxylic acids is 1. The number of hydrogen-bond donors (Lipinski definition) is 2. The Hall–Kier alpha value is -3.47. The van der Waals surface area contributed by atoms with E-state index in [0.29, 0.717) is 0 Å². The number of H-pyrrole nitrogens is 1. The van der Waals surface area contributed by atoms with Crippen LogP contribution in [-0.4, -0.2) is 17.4 Å². The molecule has 4 aromatic rings. The smallest absolute Gasteiger partial charge is 0.254 e. The van der Waals surface area contributed by atoms with E-state index in [1.54, 1.807) is 0 Å². The zero-order valence-electron chi connectivity index (χ0n) is 15.0. The van der Waals surface area contributed by atoms with E-state index in [4.69, 9.17) is 0 Å². The number of aromatic nitrogens is 1. The van der Waals surface area contributed by atoms with E-state index in [2.05, 4.69) is 10.3 Å². The zero-order chi connectivity index (χ0) is 19.5. The number of fused-ring (bicyclic) bond motifs is 1. The lowest BCUT2D eigenvalue weighted by Gasteiger charge is -2.18. The molecule has 3 nitrogen and oxygen atoms in total. The first-order valence-electron chi connectivity index (χ1n) is 8.97. The normalized spacial score (nSPS) is 12.1. The fraction of sp³-hybridized carbons (Fsp3) is 0.0870. The van der Waals surface area contributed by atoms with Gasteiger partial charge in [0.1, 0.15) is 11.6 Å². The van der Waals surface area contributed by atoms with Crippen molar-refractivity contribution in [2.75, 3.05) is 6.54 Å². The maximum absolute atomic E-state index is 13.9. The number of para-hydroxylation sites is 1. The molecular weight excluding hydrogens is 358 g/mol. The predicted molar refractivity (Wildman–Crippen MR) is 105 cm³/mol. The van der Waals surface area contributed by atoms with Crippen LogP contribution in [0.5, 0.6) is 0 Å². The summed E-state index contributed by atoms with van der Waals surface area (Å²) in [5.74, 6) is -2.18. The topological polar surface area (TPSA) is 44.9 Å². The summed E-state index contributed by atoms with van der Waals surface area (Å²) in [4.78, 5) is 15.7. The quantitative estimate of drug-likeness (QED) is 0.505. The van der Waals surface area contributed by atoms with Gasteiger partial charge in [-0.3, -0.25) is 4.79 Å². The van der Waals surface area contributed by atoms with Crippen LogP contribution in [0.4, 0.5) is 8.78 Å². The number of carbonyl (C=O) groups is 1. The molecule has 0 saturated heterocycles. The molecule has 3 aromatic carbocycles. The first-order valence-corrected chi connectivity index (χ1v) is 8.97. The Morgan fingerprint density at radius 1 is 0.964 bits per heavy atom. The van der Waals surface area contributed by atoms with Gasteiger partial charge in [-0.25, -0.2) is 8.78 Å². The van der Waals surface area contributed by atoms with Crippen LogP contribution in [0.1, 0.15) is 27.4 Å². The summed E-state index contributed by atoms with van der Waals surface area (Å²) in [6, 6.07) is 20.6. The Morgan fingerprint density at radius 3 is 2.54 bits per heavy atom. The maximum atomic E-state index is 13.9.